The molecule has 0 unspecified atom stereocenters. The van der Waals surface area contributed by atoms with E-state index in [9.17, 15) is 18.0 Å². The number of rotatable bonds is 2. The van der Waals surface area contributed by atoms with E-state index in [0.717, 1.165) is 11.1 Å². The molecule has 1 atom stereocenters. The van der Waals surface area contributed by atoms with Crippen molar-refractivity contribution in [2.75, 3.05) is 0 Å². The minimum Gasteiger partial charge on any atom is -0.440 e. The fourth-order valence-corrected chi connectivity index (χ4v) is 3.44. The zero-order valence-electron chi connectivity index (χ0n) is 14.2. The molecule has 0 bridgehead atoms. The van der Waals surface area contributed by atoms with Gasteiger partial charge in [-0.3, -0.25) is 0 Å². The van der Waals surface area contributed by atoms with Gasteiger partial charge in [-0.2, -0.15) is 13.2 Å². The van der Waals surface area contributed by atoms with Crippen LogP contribution >= 0.6 is 0 Å². The fraction of sp³-hybridized carbons (Fsp3) is 0.136. The number of carbonyl (C=O) groups excluding carboxylic acids is 1. The zero-order chi connectivity index (χ0) is 19.1. The lowest BCUT2D eigenvalue weighted by molar-refractivity contribution is -0.267. The van der Waals surface area contributed by atoms with Gasteiger partial charge in [0.15, 0.2) is 0 Å². The highest BCUT2D eigenvalue weighted by atomic mass is 19.4. The Balaban J connectivity index is 1.82. The first-order chi connectivity index (χ1) is 12.9. The Labute approximate surface area is 154 Å². The minimum absolute atomic E-state index is 0.0800. The van der Waals surface area contributed by atoms with Crippen LogP contribution in [0.15, 0.2) is 78.9 Å². The van der Waals surface area contributed by atoms with Crippen LogP contribution in [-0.4, -0.2) is 12.1 Å². The van der Waals surface area contributed by atoms with Gasteiger partial charge < -0.3 is 4.74 Å². The number of alkyl halides is 3. The zero-order valence-corrected chi connectivity index (χ0v) is 14.2. The highest BCUT2D eigenvalue weighted by Crippen LogP contribution is 2.48. The SMILES string of the molecule is O=C1O[C@@](c2ccccc2)(C(F)(F)F)Cc2ccc(-c3ccccc3)cc21. The molecule has 5 heteroatoms. The maximum atomic E-state index is 14.0. The van der Waals surface area contributed by atoms with E-state index in [-0.39, 0.29) is 11.1 Å². The highest BCUT2D eigenvalue weighted by molar-refractivity contribution is 5.94. The van der Waals surface area contributed by atoms with Crippen molar-refractivity contribution in [3.63, 3.8) is 0 Å². The molecule has 3 aromatic rings. The summed E-state index contributed by atoms with van der Waals surface area (Å²) in [6.45, 7) is 0. The number of hydrogen-bond acceptors (Lipinski definition) is 2. The van der Waals surface area contributed by atoms with Crippen molar-refractivity contribution >= 4 is 5.97 Å². The Morgan fingerprint density at radius 3 is 2.07 bits per heavy atom. The van der Waals surface area contributed by atoms with E-state index in [0.29, 0.717) is 5.56 Å². The third-order valence-electron chi connectivity index (χ3n) is 4.84. The van der Waals surface area contributed by atoms with Gasteiger partial charge in [-0.15, -0.1) is 0 Å². The molecule has 0 saturated carbocycles. The summed E-state index contributed by atoms with van der Waals surface area (Å²) < 4.78 is 47.1. The largest absolute Gasteiger partial charge is 0.440 e. The molecule has 0 N–H and O–H groups in total. The first-order valence-corrected chi connectivity index (χ1v) is 8.45. The van der Waals surface area contributed by atoms with Crippen LogP contribution < -0.4 is 0 Å². The first-order valence-electron chi connectivity index (χ1n) is 8.45. The highest BCUT2D eigenvalue weighted by Gasteiger charge is 2.61. The maximum Gasteiger partial charge on any atom is 0.433 e. The van der Waals surface area contributed by atoms with Crippen molar-refractivity contribution in [1.29, 1.82) is 0 Å². The predicted molar refractivity (Wildman–Crippen MR) is 95.2 cm³/mol. The summed E-state index contributed by atoms with van der Waals surface area (Å²) in [6.07, 6.45) is -5.18. The van der Waals surface area contributed by atoms with E-state index < -0.39 is 24.2 Å². The van der Waals surface area contributed by atoms with Crippen molar-refractivity contribution < 1.29 is 22.7 Å². The average Bonchev–Trinajstić information content (AvgIpc) is 2.68. The van der Waals surface area contributed by atoms with Gasteiger partial charge >= 0.3 is 12.1 Å². The molecule has 136 valence electrons. The average molecular weight is 368 g/mol. The molecule has 1 aliphatic heterocycles. The third-order valence-corrected chi connectivity index (χ3v) is 4.84. The van der Waals surface area contributed by atoms with Crippen molar-refractivity contribution in [2.45, 2.75) is 18.2 Å². The quantitative estimate of drug-likeness (QED) is 0.557. The van der Waals surface area contributed by atoms with Crippen molar-refractivity contribution in [3.8, 4) is 11.1 Å². The van der Waals surface area contributed by atoms with Crippen molar-refractivity contribution in [3.05, 3.63) is 95.6 Å². The van der Waals surface area contributed by atoms with Gasteiger partial charge in [-0.1, -0.05) is 72.8 Å². The predicted octanol–water partition coefficient (Wildman–Crippen LogP) is 5.52. The van der Waals surface area contributed by atoms with E-state index in [2.05, 4.69) is 0 Å². The fourth-order valence-electron chi connectivity index (χ4n) is 3.44. The minimum atomic E-state index is -4.74. The molecule has 3 aromatic carbocycles. The van der Waals surface area contributed by atoms with E-state index in [1.54, 1.807) is 24.3 Å². The Hall–Kier alpha value is -3.08. The smallest absolute Gasteiger partial charge is 0.433 e. The first kappa shape index (κ1) is 17.3. The number of esters is 1. The van der Waals surface area contributed by atoms with Crippen LogP contribution in [0.4, 0.5) is 13.2 Å². The number of hydrogen-bond donors (Lipinski definition) is 0. The van der Waals surface area contributed by atoms with Gasteiger partial charge in [-0.25, -0.2) is 4.79 Å². The second-order valence-corrected chi connectivity index (χ2v) is 6.50. The number of benzene rings is 3. The molecule has 0 amide bonds. The van der Waals surface area contributed by atoms with E-state index >= 15 is 0 Å². The second-order valence-electron chi connectivity index (χ2n) is 6.50. The molecule has 2 nitrogen and oxygen atoms in total. The Kier molecular flexibility index (Phi) is 4.02. The number of halogens is 3. The summed E-state index contributed by atoms with van der Waals surface area (Å²) in [5.74, 6) is -0.963. The number of fused-ring (bicyclic) bond motifs is 1. The van der Waals surface area contributed by atoms with Crippen LogP contribution in [0.25, 0.3) is 11.1 Å². The van der Waals surface area contributed by atoms with Gasteiger partial charge in [0.1, 0.15) is 0 Å². The summed E-state index contributed by atoms with van der Waals surface area (Å²) in [7, 11) is 0. The molecule has 1 heterocycles. The standard InChI is InChI=1S/C22H15F3O2/c23-22(24,25)21(18-9-5-2-6-10-18)14-17-12-11-16(13-19(17)20(26)27-21)15-7-3-1-4-8-15/h1-13H,14H2/t21-/m0/s1. The number of cyclic esters (lactones) is 1. The Bertz CT molecular complexity index is 981. The second kappa shape index (κ2) is 6.27. The van der Waals surface area contributed by atoms with Crippen molar-refractivity contribution in [2.24, 2.45) is 0 Å². The molecule has 0 aliphatic carbocycles. The van der Waals surface area contributed by atoms with Crippen LogP contribution in [0.5, 0.6) is 0 Å². The van der Waals surface area contributed by atoms with Crippen LogP contribution in [0.3, 0.4) is 0 Å². The summed E-state index contributed by atoms with van der Waals surface area (Å²) in [6, 6.07) is 21.6. The summed E-state index contributed by atoms with van der Waals surface area (Å²) >= 11 is 0. The molecule has 1 aliphatic rings. The summed E-state index contributed by atoms with van der Waals surface area (Å²) in [4.78, 5) is 12.6. The maximum absolute atomic E-state index is 14.0. The Morgan fingerprint density at radius 1 is 0.815 bits per heavy atom. The molecule has 0 spiro atoms. The molecule has 0 aromatic heterocycles. The summed E-state index contributed by atoms with van der Waals surface area (Å²) in [5, 5.41) is 0. The molecular formula is C22H15F3O2. The van der Waals surface area contributed by atoms with E-state index in [1.807, 2.05) is 30.3 Å². The third kappa shape index (κ3) is 2.89. The topological polar surface area (TPSA) is 26.3 Å². The van der Waals surface area contributed by atoms with Crippen molar-refractivity contribution in [1.82, 2.24) is 0 Å². The molecule has 4 rings (SSSR count). The lowest BCUT2D eigenvalue weighted by Gasteiger charge is -2.39. The monoisotopic (exact) mass is 368 g/mol. The van der Waals surface area contributed by atoms with Gasteiger partial charge in [0, 0.05) is 12.0 Å². The van der Waals surface area contributed by atoms with E-state index in [4.69, 9.17) is 4.74 Å². The molecule has 0 fully saturated rings. The van der Waals surface area contributed by atoms with Gasteiger partial charge in [0.2, 0.25) is 5.60 Å². The van der Waals surface area contributed by atoms with Crippen LogP contribution in [-0.2, 0) is 16.8 Å². The number of carbonyl (C=O) groups is 1. The van der Waals surface area contributed by atoms with Gasteiger partial charge in [-0.05, 0) is 22.8 Å². The molecular weight excluding hydrogens is 353 g/mol. The number of ether oxygens (including phenoxy) is 1. The molecule has 0 saturated heterocycles. The van der Waals surface area contributed by atoms with Crippen LogP contribution in [0, 0.1) is 0 Å². The molecule has 0 radical (unpaired) electrons. The molecule has 27 heavy (non-hydrogen) atoms. The van der Waals surface area contributed by atoms with Gasteiger partial charge in [0.05, 0.1) is 5.56 Å². The van der Waals surface area contributed by atoms with Gasteiger partial charge in [0.25, 0.3) is 0 Å². The normalized spacial score (nSPS) is 19.3. The lowest BCUT2D eigenvalue weighted by Crippen LogP contribution is -2.50. The Morgan fingerprint density at radius 2 is 1.44 bits per heavy atom. The summed E-state index contributed by atoms with van der Waals surface area (Å²) in [5.41, 5.74) is -0.621. The lowest BCUT2D eigenvalue weighted by atomic mass is 9.82. The van der Waals surface area contributed by atoms with Crippen LogP contribution in [0.1, 0.15) is 21.5 Å². The van der Waals surface area contributed by atoms with Crippen LogP contribution in [0.2, 0.25) is 0 Å². The van der Waals surface area contributed by atoms with E-state index in [1.165, 1.54) is 24.3 Å².